The summed E-state index contributed by atoms with van der Waals surface area (Å²) in [6.45, 7) is 6.37. The van der Waals surface area contributed by atoms with Crippen molar-refractivity contribution in [2.24, 2.45) is 0 Å². The van der Waals surface area contributed by atoms with Crippen LogP contribution in [-0.4, -0.2) is 18.7 Å². The standard InChI is InChI=1S/C76H59N5O.Pt/c1-47-21-19-22-48(2)73(47)64-45-69-62(44-65(64)76(6,7)8)56-27-11-9-25-54(56)55-26-10-12-28-57(55)63-41-51(80-66-32-16-13-29-58(66)59-30-14-17-33-67(59)80)42-71-74(63)79(69)46-78(71)50-23-20-24-52(40-50)82-53-35-36-61-60-31-15-18-34-68(60)81(70(61)43-53)72-39-49(37-38-77-72)75(3,4)5;/h9-39,41-42,44-45H,1-8H3;/q-2;/i1D3,2D3,9D,10D,11D,12D,25D,26D,27D,28D;. The van der Waals surface area contributed by atoms with Crippen molar-refractivity contribution in [1.82, 2.24) is 18.7 Å². The van der Waals surface area contributed by atoms with Gasteiger partial charge in [0.1, 0.15) is 5.82 Å². The minimum absolute atomic E-state index is 0. The number of rotatable bonds is 6. The van der Waals surface area contributed by atoms with E-state index in [0.717, 1.165) is 49.2 Å². The minimum atomic E-state index is -2.86. The average Bonchev–Trinajstić information content (AvgIpc) is 1.60. The Kier molecular flexibility index (Phi) is 9.08. The largest absolute Gasteiger partial charge is 0.510 e. The van der Waals surface area contributed by atoms with Crippen molar-refractivity contribution in [3.8, 4) is 78.9 Å². The molecule has 0 atom stereocenters. The fraction of sp³-hybridized carbons (Fsp3) is 0.132. The van der Waals surface area contributed by atoms with E-state index < -0.39 is 67.5 Å². The second-order valence-corrected chi connectivity index (χ2v) is 23.0. The summed E-state index contributed by atoms with van der Waals surface area (Å²) in [5, 5.41) is 3.77. The SMILES string of the molecule is [2H]c1c([2H])c([2H])c2c(c1[2H])-c1cc(C(C)(C)C)c(-c3c(C([2H])([2H])[2H])cccc3C([2H])([2H])[2H])cc1-[n+]1[c-]n(-c3[c-]c(Oc4[c-]c5c(cc4)c4ccccc4n5-c4cc(C(C)(C)C)ccn4)ccc3)c3cc(-n4c5ccccc5c5ccccc54)cc(c31)-c1c([2H])c([2H])c([2H])c([2H])c1-2.[Pt]. The summed E-state index contributed by atoms with van der Waals surface area (Å²) in [6.07, 6.45) is 5.46. The smallest absolute Gasteiger partial charge is 0.268 e. The van der Waals surface area contributed by atoms with Crippen LogP contribution >= 0.6 is 0 Å². The number of imidazole rings is 1. The Morgan fingerprint density at radius 3 is 1.75 bits per heavy atom. The number of aryl methyl sites for hydroxylation is 2. The van der Waals surface area contributed by atoms with Crippen LogP contribution in [0.3, 0.4) is 0 Å². The molecule has 15 rings (SSSR count). The van der Waals surface area contributed by atoms with Crippen LogP contribution in [0.25, 0.3) is 122 Å². The minimum Gasteiger partial charge on any atom is -0.510 e. The number of ether oxygens (including phenoxy) is 1. The summed E-state index contributed by atoms with van der Waals surface area (Å²) in [5.74, 6) is 1.34. The molecule has 83 heavy (non-hydrogen) atoms. The van der Waals surface area contributed by atoms with Gasteiger partial charge in [0, 0.05) is 69.0 Å². The summed E-state index contributed by atoms with van der Waals surface area (Å²) >= 11 is 0. The second kappa shape index (κ2) is 19.5. The predicted octanol–water partition coefficient (Wildman–Crippen LogP) is 18.9. The van der Waals surface area contributed by atoms with E-state index in [-0.39, 0.29) is 99.1 Å². The molecule has 0 unspecified atom stereocenters. The van der Waals surface area contributed by atoms with Gasteiger partial charge in [0.25, 0.3) is 6.33 Å². The number of hydrogen-bond donors (Lipinski definition) is 0. The van der Waals surface area contributed by atoms with Gasteiger partial charge in [-0.2, -0.15) is 18.2 Å². The maximum atomic E-state index is 10.1. The van der Waals surface area contributed by atoms with Crippen molar-refractivity contribution in [3.05, 3.63) is 253 Å². The molecule has 4 aromatic heterocycles. The molecule has 0 fully saturated rings. The van der Waals surface area contributed by atoms with Gasteiger partial charge < -0.3 is 18.4 Å². The molecule has 0 aliphatic carbocycles. The first-order valence-electron chi connectivity index (χ1n) is 34.2. The van der Waals surface area contributed by atoms with E-state index in [1.165, 1.54) is 18.2 Å². The molecule has 1 aliphatic rings. The summed E-state index contributed by atoms with van der Waals surface area (Å²) in [5.41, 5.74) is 4.58. The zero-order valence-corrected chi connectivity index (χ0v) is 48.3. The number of pyridine rings is 1. The molecule has 7 heteroatoms. The first-order valence-corrected chi connectivity index (χ1v) is 27.2. The van der Waals surface area contributed by atoms with Crippen molar-refractivity contribution in [2.45, 2.75) is 66.1 Å². The van der Waals surface area contributed by atoms with Crippen LogP contribution in [0.5, 0.6) is 11.5 Å². The molecule has 6 nitrogen and oxygen atoms in total. The summed E-state index contributed by atoms with van der Waals surface area (Å²) in [6, 6.07) is 50.8. The van der Waals surface area contributed by atoms with Gasteiger partial charge in [0.05, 0.1) is 38.7 Å². The van der Waals surface area contributed by atoms with E-state index in [4.69, 9.17) is 17.9 Å². The Labute approximate surface area is 518 Å². The quantitative estimate of drug-likeness (QED) is 0.123. The Bertz CT molecular complexity index is 5610. The van der Waals surface area contributed by atoms with Crippen LogP contribution in [0.15, 0.2) is 212 Å². The van der Waals surface area contributed by atoms with E-state index in [0.29, 0.717) is 34.0 Å². The van der Waals surface area contributed by atoms with E-state index >= 15 is 0 Å². The fourth-order valence-electron chi connectivity index (χ4n) is 12.1. The predicted molar refractivity (Wildman–Crippen MR) is 336 cm³/mol. The summed E-state index contributed by atoms with van der Waals surface area (Å²) < 4.78 is 146. The molecule has 0 amide bonds. The zero-order chi connectivity index (χ0) is 67.7. The molecule has 0 saturated carbocycles. The van der Waals surface area contributed by atoms with Crippen molar-refractivity contribution >= 4 is 54.6 Å². The van der Waals surface area contributed by atoms with Crippen LogP contribution in [0, 0.1) is 32.2 Å². The molecule has 1 aliphatic heterocycles. The fourth-order valence-corrected chi connectivity index (χ4v) is 12.1. The van der Waals surface area contributed by atoms with Gasteiger partial charge in [-0.25, -0.2) is 4.98 Å². The Balaban J connectivity index is 0.00000807. The number of aromatic nitrogens is 5. The molecule has 10 aromatic carbocycles. The van der Waals surface area contributed by atoms with Gasteiger partial charge in [-0.15, -0.1) is 29.7 Å². The van der Waals surface area contributed by atoms with Gasteiger partial charge in [-0.05, 0) is 151 Å². The Morgan fingerprint density at radius 1 is 0.518 bits per heavy atom. The monoisotopic (exact) mass is 1270 g/mol. The van der Waals surface area contributed by atoms with Gasteiger partial charge >= 0.3 is 0 Å². The van der Waals surface area contributed by atoms with Gasteiger partial charge in [0.2, 0.25) is 0 Å². The third-order valence-corrected chi connectivity index (χ3v) is 15.9. The molecule has 14 aromatic rings. The van der Waals surface area contributed by atoms with E-state index in [1.807, 2.05) is 118 Å². The van der Waals surface area contributed by atoms with Crippen molar-refractivity contribution in [1.29, 1.82) is 0 Å². The number of fused-ring (bicyclic) bond motifs is 13. The third kappa shape index (κ3) is 8.40. The van der Waals surface area contributed by atoms with Gasteiger partial charge in [0.15, 0.2) is 0 Å². The van der Waals surface area contributed by atoms with Crippen molar-refractivity contribution < 1.29 is 49.6 Å². The van der Waals surface area contributed by atoms with Crippen LogP contribution in [-0.2, 0) is 31.9 Å². The Morgan fingerprint density at radius 2 is 1.11 bits per heavy atom. The average molecular weight is 1270 g/mol. The van der Waals surface area contributed by atoms with Crippen molar-refractivity contribution in [3.63, 3.8) is 0 Å². The number of nitrogens with zero attached hydrogens (tertiary/aromatic N) is 5. The van der Waals surface area contributed by atoms with Crippen LogP contribution in [0.2, 0.25) is 0 Å². The molecule has 0 bridgehead atoms. The molecule has 0 saturated heterocycles. The first kappa shape index (κ1) is 38.6. The molecule has 0 N–H and O–H groups in total. The molecule has 0 radical (unpaired) electrons. The summed E-state index contributed by atoms with van der Waals surface area (Å²) in [7, 11) is 0. The van der Waals surface area contributed by atoms with Crippen LogP contribution in [0.4, 0.5) is 0 Å². The number of benzene rings is 10. The second-order valence-electron chi connectivity index (χ2n) is 23.0. The number of hydrogen-bond acceptors (Lipinski definition) is 2. The number of para-hydroxylation sites is 3. The molecule has 5 heterocycles. The van der Waals surface area contributed by atoms with Crippen molar-refractivity contribution in [2.75, 3.05) is 0 Å². The van der Waals surface area contributed by atoms with Crippen LogP contribution < -0.4 is 9.30 Å². The maximum absolute atomic E-state index is 10.1. The topological polar surface area (TPSA) is 40.8 Å². The first-order chi connectivity index (χ1) is 45.5. The van der Waals surface area contributed by atoms with E-state index in [2.05, 4.69) is 66.6 Å². The molecule has 0 spiro atoms. The zero-order valence-electron chi connectivity index (χ0n) is 60.0. The third-order valence-electron chi connectivity index (χ3n) is 15.9. The normalized spacial score (nSPS) is 15.0. The van der Waals surface area contributed by atoms with Gasteiger partial charge in [-0.3, -0.25) is 4.57 Å². The van der Waals surface area contributed by atoms with Crippen LogP contribution in [0.1, 0.15) is 83.0 Å². The van der Waals surface area contributed by atoms with E-state index in [1.54, 1.807) is 39.5 Å². The maximum Gasteiger partial charge on any atom is 0.268 e. The molecular weight excluding hydrogens is 1190 g/mol. The van der Waals surface area contributed by atoms with E-state index in [9.17, 15) is 11.0 Å². The Hall–Kier alpha value is -9.09. The molecule has 406 valence electrons. The van der Waals surface area contributed by atoms with Gasteiger partial charge in [-0.1, -0.05) is 174 Å². The summed E-state index contributed by atoms with van der Waals surface area (Å²) in [4.78, 5) is 4.87. The molecular formula is C76H59N5OPt-2.